The molecule has 3 rings (SSSR count). The van der Waals surface area contributed by atoms with Crippen molar-refractivity contribution in [3.05, 3.63) is 84.3 Å². The number of nitrogens with one attached hydrogen (secondary N) is 3. The molecule has 1 heterocycles. The van der Waals surface area contributed by atoms with Gasteiger partial charge < -0.3 is 19.8 Å². The summed E-state index contributed by atoms with van der Waals surface area (Å²) in [6, 6.07) is 19.2. The first-order valence-corrected chi connectivity index (χ1v) is 13.6. The monoisotopic (exact) mass is 543 g/mol. The number of hydrogen-bond donors (Lipinski definition) is 3. The quantitative estimate of drug-likeness (QED) is 0.168. The summed E-state index contributed by atoms with van der Waals surface area (Å²) in [5.74, 6) is -0.176. The van der Waals surface area contributed by atoms with Crippen molar-refractivity contribution in [3.8, 4) is 0 Å². The van der Waals surface area contributed by atoms with Gasteiger partial charge in [-0.15, -0.1) is 0 Å². The number of thiocarbonyl (C=S) groups is 1. The van der Waals surface area contributed by atoms with Gasteiger partial charge in [0.15, 0.2) is 5.11 Å². The molecule has 0 fully saturated rings. The molecule has 0 aliphatic carbocycles. The molecule has 37 heavy (non-hydrogen) atoms. The zero-order valence-corrected chi connectivity index (χ0v) is 21.8. The van der Waals surface area contributed by atoms with Crippen molar-refractivity contribution in [3.63, 3.8) is 0 Å². The molecule has 0 aliphatic heterocycles. The average molecular weight is 544 g/mol. The maximum absolute atomic E-state index is 12.4. The van der Waals surface area contributed by atoms with E-state index in [0.717, 1.165) is 12.8 Å². The molecule has 0 bridgehead atoms. The Morgan fingerprint density at radius 1 is 0.919 bits per heavy atom. The predicted molar refractivity (Wildman–Crippen MR) is 143 cm³/mol. The number of amides is 1. The number of sulfonamides is 1. The van der Waals surface area contributed by atoms with Crippen molar-refractivity contribution < 1.29 is 27.2 Å². The van der Waals surface area contributed by atoms with E-state index >= 15 is 0 Å². The van der Waals surface area contributed by atoms with Crippen molar-refractivity contribution in [2.75, 3.05) is 11.9 Å². The van der Waals surface area contributed by atoms with Gasteiger partial charge in [0.25, 0.3) is 0 Å². The average Bonchev–Trinajstić information content (AvgIpc) is 3.40. The number of rotatable bonds is 13. The SMILES string of the molecule is O=C(CCCC(=O)OCCCc1ccccc1)NC(=S)Nc1ccc(S(=O)(=O)NCc2ccco2)cc1. The lowest BCUT2D eigenvalue weighted by molar-refractivity contribution is -0.143. The highest BCUT2D eigenvalue weighted by atomic mass is 32.2. The Balaban J connectivity index is 1.30. The van der Waals surface area contributed by atoms with Crippen LogP contribution in [0.15, 0.2) is 82.3 Å². The molecular formula is C26H29N3O6S2. The molecule has 196 valence electrons. The molecule has 0 unspecified atom stereocenters. The zero-order valence-electron chi connectivity index (χ0n) is 20.1. The molecule has 0 atom stereocenters. The topological polar surface area (TPSA) is 127 Å². The number of benzene rings is 2. The fourth-order valence-corrected chi connectivity index (χ4v) is 4.53. The van der Waals surface area contributed by atoms with Crippen LogP contribution in [0.2, 0.25) is 0 Å². The molecule has 3 aromatic rings. The third kappa shape index (κ3) is 10.2. The summed E-state index contributed by atoms with van der Waals surface area (Å²) in [7, 11) is -3.72. The van der Waals surface area contributed by atoms with Crippen LogP contribution in [-0.2, 0) is 37.3 Å². The lowest BCUT2D eigenvalue weighted by Crippen LogP contribution is -2.34. The molecule has 0 spiro atoms. The third-order valence-corrected chi connectivity index (χ3v) is 6.81. The van der Waals surface area contributed by atoms with Gasteiger partial charge in [0.2, 0.25) is 15.9 Å². The van der Waals surface area contributed by atoms with Crippen LogP contribution < -0.4 is 15.4 Å². The molecule has 0 radical (unpaired) electrons. The Bertz CT molecular complexity index is 1260. The minimum absolute atomic E-state index is 0.0391. The van der Waals surface area contributed by atoms with Crippen LogP contribution in [0, 0.1) is 0 Å². The van der Waals surface area contributed by atoms with E-state index in [0.29, 0.717) is 24.5 Å². The predicted octanol–water partition coefficient (Wildman–Crippen LogP) is 3.92. The standard InChI is InChI=1S/C26H29N3O6S2/c30-24(11-4-12-25(31)35-18-5-9-20-7-2-1-3-8-20)29-26(36)28-21-13-15-23(16-14-21)37(32,33)27-19-22-10-6-17-34-22/h1-3,6-8,10,13-17,27H,4-5,9,11-12,18-19H2,(H2,28,29,30,36). The number of esters is 1. The summed E-state index contributed by atoms with van der Waals surface area (Å²) in [5.41, 5.74) is 1.70. The van der Waals surface area contributed by atoms with Gasteiger partial charge in [-0.2, -0.15) is 0 Å². The Labute approximate surface area is 221 Å². The Kier molecular flexibility index (Phi) is 10.8. The molecular weight excluding hydrogens is 514 g/mol. The lowest BCUT2D eigenvalue weighted by Gasteiger charge is -2.11. The number of furan rings is 1. The summed E-state index contributed by atoms with van der Waals surface area (Å²) < 4.78 is 37.6. The molecule has 3 N–H and O–H groups in total. The number of carbonyl (C=O) groups is 2. The van der Waals surface area contributed by atoms with Crippen LogP contribution in [0.4, 0.5) is 5.69 Å². The number of aryl methyl sites for hydroxylation is 1. The molecule has 9 nitrogen and oxygen atoms in total. The van der Waals surface area contributed by atoms with Gasteiger partial charge in [-0.25, -0.2) is 13.1 Å². The smallest absolute Gasteiger partial charge is 0.305 e. The number of carbonyl (C=O) groups excluding carboxylic acids is 2. The summed E-state index contributed by atoms with van der Waals surface area (Å²) >= 11 is 5.14. The number of ether oxygens (including phenoxy) is 1. The number of hydrogen-bond acceptors (Lipinski definition) is 7. The van der Waals surface area contributed by atoms with E-state index < -0.39 is 10.0 Å². The van der Waals surface area contributed by atoms with Gasteiger partial charge >= 0.3 is 5.97 Å². The second-order valence-corrected chi connectivity index (χ2v) is 10.3. The van der Waals surface area contributed by atoms with Gasteiger partial charge in [-0.05, 0) is 73.4 Å². The normalized spacial score (nSPS) is 11.0. The van der Waals surface area contributed by atoms with Crippen LogP contribution in [0.25, 0.3) is 0 Å². The van der Waals surface area contributed by atoms with Crippen LogP contribution in [0.1, 0.15) is 37.0 Å². The second-order valence-electron chi connectivity index (χ2n) is 8.09. The maximum Gasteiger partial charge on any atom is 0.305 e. The first-order chi connectivity index (χ1) is 17.8. The molecule has 0 saturated heterocycles. The van der Waals surface area contributed by atoms with Crippen LogP contribution in [0.3, 0.4) is 0 Å². The molecule has 0 aliphatic rings. The minimum Gasteiger partial charge on any atom is -0.468 e. The highest BCUT2D eigenvalue weighted by molar-refractivity contribution is 7.89. The Morgan fingerprint density at radius 3 is 2.38 bits per heavy atom. The summed E-state index contributed by atoms with van der Waals surface area (Å²) in [5, 5.41) is 5.44. The fraction of sp³-hybridized carbons (Fsp3) is 0.269. The van der Waals surface area contributed by atoms with E-state index in [-0.39, 0.29) is 41.3 Å². The molecule has 1 amide bonds. The van der Waals surface area contributed by atoms with Crippen molar-refractivity contribution in [1.29, 1.82) is 0 Å². The van der Waals surface area contributed by atoms with Crippen LogP contribution in [0.5, 0.6) is 0 Å². The van der Waals surface area contributed by atoms with Crippen molar-refractivity contribution in [2.24, 2.45) is 0 Å². The maximum atomic E-state index is 12.4. The highest BCUT2D eigenvalue weighted by Crippen LogP contribution is 2.15. The first-order valence-electron chi connectivity index (χ1n) is 11.7. The van der Waals surface area contributed by atoms with E-state index in [9.17, 15) is 18.0 Å². The molecule has 11 heteroatoms. The van der Waals surface area contributed by atoms with E-state index in [1.807, 2.05) is 30.3 Å². The highest BCUT2D eigenvalue weighted by Gasteiger charge is 2.15. The molecule has 2 aromatic carbocycles. The minimum atomic E-state index is -3.72. The van der Waals surface area contributed by atoms with Crippen molar-refractivity contribution >= 4 is 44.9 Å². The largest absolute Gasteiger partial charge is 0.468 e. The Hall–Kier alpha value is -3.54. The Morgan fingerprint density at radius 2 is 1.68 bits per heavy atom. The van der Waals surface area contributed by atoms with Gasteiger partial charge in [-0.3, -0.25) is 9.59 Å². The molecule has 0 saturated carbocycles. The summed E-state index contributed by atoms with van der Waals surface area (Å²) in [4.78, 5) is 24.0. The van der Waals surface area contributed by atoms with Crippen molar-refractivity contribution in [2.45, 2.75) is 43.5 Å². The zero-order chi connectivity index (χ0) is 26.5. The van der Waals surface area contributed by atoms with Gasteiger partial charge in [0, 0.05) is 18.5 Å². The summed E-state index contributed by atoms with van der Waals surface area (Å²) in [6.45, 7) is 0.380. The molecule has 1 aromatic heterocycles. The van der Waals surface area contributed by atoms with Gasteiger partial charge in [0.1, 0.15) is 5.76 Å². The summed E-state index contributed by atoms with van der Waals surface area (Å²) in [6.07, 6.45) is 3.63. The van der Waals surface area contributed by atoms with E-state index in [4.69, 9.17) is 21.4 Å². The fourth-order valence-electron chi connectivity index (χ4n) is 3.30. The van der Waals surface area contributed by atoms with Gasteiger partial charge in [0.05, 0.1) is 24.3 Å². The van der Waals surface area contributed by atoms with Crippen molar-refractivity contribution in [1.82, 2.24) is 10.0 Å². The third-order valence-electron chi connectivity index (χ3n) is 5.19. The lowest BCUT2D eigenvalue weighted by atomic mass is 10.1. The van der Waals surface area contributed by atoms with Crippen LogP contribution >= 0.6 is 12.2 Å². The second kappa shape index (κ2) is 14.3. The number of anilines is 1. The van der Waals surface area contributed by atoms with Crippen LogP contribution in [-0.4, -0.2) is 32.0 Å². The van der Waals surface area contributed by atoms with E-state index in [2.05, 4.69) is 15.4 Å². The first kappa shape index (κ1) is 28.0. The van der Waals surface area contributed by atoms with E-state index in [1.54, 1.807) is 12.1 Å². The van der Waals surface area contributed by atoms with Gasteiger partial charge in [-0.1, -0.05) is 30.3 Å². The van der Waals surface area contributed by atoms with E-state index in [1.165, 1.54) is 36.1 Å².